The Morgan fingerprint density at radius 3 is 2.56 bits per heavy atom. The van der Waals surface area contributed by atoms with Crippen molar-refractivity contribution in [3.63, 3.8) is 0 Å². The maximum atomic E-state index is 14.6. The maximum Gasteiger partial charge on any atom is 0.261 e. The molecule has 4 aromatic carbocycles. The Hall–Kier alpha value is -3.96. The van der Waals surface area contributed by atoms with Crippen molar-refractivity contribution < 1.29 is 13.9 Å². The number of ether oxygens (including phenoxy) is 1. The van der Waals surface area contributed by atoms with Gasteiger partial charge in [-0.25, -0.2) is 4.39 Å². The van der Waals surface area contributed by atoms with E-state index in [0.717, 1.165) is 35.2 Å². The van der Waals surface area contributed by atoms with Crippen molar-refractivity contribution in [2.45, 2.75) is 51.9 Å². The summed E-state index contributed by atoms with van der Waals surface area (Å²) in [4.78, 5) is 15.3. The van der Waals surface area contributed by atoms with Crippen molar-refractivity contribution >= 4 is 5.91 Å². The average Bonchev–Trinajstić information content (AvgIpc) is 2.96. The lowest BCUT2D eigenvalue weighted by Gasteiger charge is -2.38. The topological polar surface area (TPSA) is 41.6 Å². The molecule has 4 aromatic rings. The molecular weight excluding hydrogens is 487 g/mol. The first-order valence-electron chi connectivity index (χ1n) is 13.7. The van der Waals surface area contributed by atoms with E-state index in [9.17, 15) is 9.18 Å². The second-order valence-corrected chi connectivity index (χ2v) is 10.2. The fraction of sp³-hybridized carbons (Fsp3) is 0.265. The smallest absolute Gasteiger partial charge is 0.261 e. The average molecular weight is 523 g/mol. The lowest BCUT2D eigenvalue weighted by Crippen LogP contribution is -2.38. The standard InChI is InChI=1S/C34H35FN2O2/c1-3-32(34(38)36-22-25-11-9-10-24(2)20-25)39-29-17-16-26-18-19-37(23-28-14-7-8-15-31(28)35)33(30(26)21-29)27-12-5-4-6-13-27/h4-17,20-21,32-33H,3,18-19,22-23H2,1-2H3,(H,36,38). The molecule has 0 saturated carbocycles. The van der Waals surface area contributed by atoms with Crippen LogP contribution in [-0.4, -0.2) is 23.5 Å². The van der Waals surface area contributed by atoms with Gasteiger partial charge in [-0.1, -0.05) is 91.3 Å². The van der Waals surface area contributed by atoms with Gasteiger partial charge in [-0.05, 0) is 60.2 Å². The van der Waals surface area contributed by atoms with E-state index >= 15 is 0 Å². The molecular formula is C34H35FN2O2. The van der Waals surface area contributed by atoms with Gasteiger partial charge >= 0.3 is 0 Å². The van der Waals surface area contributed by atoms with Gasteiger partial charge in [0.1, 0.15) is 11.6 Å². The number of rotatable bonds is 9. The Labute approximate surface area is 230 Å². The highest BCUT2D eigenvalue weighted by molar-refractivity contribution is 5.81. The number of benzene rings is 4. The third kappa shape index (κ3) is 6.37. The van der Waals surface area contributed by atoms with Crippen molar-refractivity contribution in [3.05, 3.63) is 136 Å². The third-order valence-electron chi connectivity index (χ3n) is 7.38. The summed E-state index contributed by atoms with van der Waals surface area (Å²) >= 11 is 0. The van der Waals surface area contributed by atoms with Gasteiger partial charge in [0.2, 0.25) is 0 Å². The van der Waals surface area contributed by atoms with Crippen LogP contribution in [0.5, 0.6) is 5.75 Å². The Bertz CT molecular complexity index is 1420. The number of nitrogens with one attached hydrogen (secondary N) is 1. The predicted molar refractivity (Wildman–Crippen MR) is 153 cm³/mol. The number of nitrogens with zero attached hydrogens (tertiary/aromatic N) is 1. The van der Waals surface area contributed by atoms with E-state index in [-0.39, 0.29) is 17.8 Å². The second-order valence-electron chi connectivity index (χ2n) is 10.2. The van der Waals surface area contributed by atoms with Crippen molar-refractivity contribution in [2.24, 2.45) is 0 Å². The minimum atomic E-state index is -0.596. The molecule has 1 N–H and O–H groups in total. The van der Waals surface area contributed by atoms with Gasteiger partial charge in [0, 0.05) is 25.2 Å². The predicted octanol–water partition coefficient (Wildman–Crippen LogP) is 6.76. The van der Waals surface area contributed by atoms with Crippen LogP contribution in [0.15, 0.2) is 97.1 Å². The summed E-state index contributed by atoms with van der Waals surface area (Å²) in [5.74, 6) is 0.354. The number of carbonyl (C=O) groups is 1. The lowest BCUT2D eigenvalue weighted by atomic mass is 9.87. The Kier molecular flexibility index (Phi) is 8.38. The zero-order valence-electron chi connectivity index (χ0n) is 22.6. The molecule has 5 rings (SSSR count). The van der Waals surface area contributed by atoms with Crippen molar-refractivity contribution in [2.75, 3.05) is 6.54 Å². The number of halogens is 1. The lowest BCUT2D eigenvalue weighted by molar-refractivity contribution is -0.128. The van der Waals surface area contributed by atoms with E-state index < -0.39 is 6.10 Å². The first-order chi connectivity index (χ1) is 19.0. The van der Waals surface area contributed by atoms with E-state index in [2.05, 4.69) is 40.5 Å². The summed E-state index contributed by atoms with van der Waals surface area (Å²) in [5, 5.41) is 3.03. The molecule has 1 heterocycles. The van der Waals surface area contributed by atoms with Crippen LogP contribution in [0.25, 0.3) is 0 Å². The normalized spacial score (nSPS) is 15.8. The van der Waals surface area contributed by atoms with E-state index in [0.29, 0.717) is 30.8 Å². The number of amides is 1. The molecule has 0 aliphatic carbocycles. The maximum absolute atomic E-state index is 14.6. The molecule has 2 unspecified atom stereocenters. The molecule has 0 spiro atoms. The Balaban J connectivity index is 1.38. The second kappa shape index (κ2) is 12.3. The molecule has 0 fully saturated rings. The van der Waals surface area contributed by atoms with Gasteiger partial charge in [-0.15, -0.1) is 0 Å². The van der Waals surface area contributed by atoms with Crippen molar-refractivity contribution in [3.8, 4) is 5.75 Å². The number of hydrogen-bond donors (Lipinski definition) is 1. The van der Waals surface area contributed by atoms with Crippen LogP contribution in [0, 0.1) is 12.7 Å². The number of fused-ring (bicyclic) bond motifs is 1. The van der Waals surface area contributed by atoms with Gasteiger partial charge in [0.15, 0.2) is 6.10 Å². The SMILES string of the molecule is CCC(Oc1ccc2c(c1)C(c1ccccc1)N(Cc1ccccc1F)CC2)C(=O)NCc1cccc(C)c1. The molecule has 200 valence electrons. The number of aryl methyl sites for hydroxylation is 1. The van der Waals surface area contributed by atoms with Crippen molar-refractivity contribution in [1.82, 2.24) is 10.2 Å². The first-order valence-corrected chi connectivity index (χ1v) is 13.7. The number of hydrogen-bond acceptors (Lipinski definition) is 3. The van der Waals surface area contributed by atoms with Gasteiger partial charge in [0.05, 0.1) is 6.04 Å². The highest BCUT2D eigenvalue weighted by Gasteiger charge is 2.30. The fourth-order valence-electron chi connectivity index (χ4n) is 5.37. The molecule has 0 aromatic heterocycles. The molecule has 0 saturated heterocycles. The van der Waals surface area contributed by atoms with Crippen LogP contribution in [0.3, 0.4) is 0 Å². The zero-order chi connectivity index (χ0) is 27.2. The molecule has 0 radical (unpaired) electrons. The molecule has 0 bridgehead atoms. The van der Waals surface area contributed by atoms with E-state index in [4.69, 9.17) is 4.74 Å². The molecule has 5 heteroatoms. The van der Waals surface area contributed by atoms with Gasteiger partial charge in [0.25, 0.3) is 5.91 Å². The van der Waals surface area contributed by atoms with Crippen LogP contribution < -0.4 is 10.1 Å². The highest BCUT2D eigenvalue weighted by atomic mass is 19.1. The summed E-state index contributed by atoms with van der Waals surface area (Å²) in [6.45, 7) is 5.79. The van der Waals surface area contributed by atoms with Crippen LogP contribution in [-0.2, 0) is 24.3 Å². The monoisotopic (exact) mass is 522 g/mol. The molecule has 1 amide bonds. The van der Waals surface area contributed by atoms with E-state index in [1.807, 2.05) is 68.4 Å². The highest BCUT2D eigenvalue weighted by Crippen LogP contribution is 2.38. The summed E-state index contributed by atoms with van der Waals surface area (Å²) in [5.41, 5.74) is 6.44. The van der Waals surface area contributed by atoms with Crippen LogP contribution in [0.4, 0.5) is 4.39 Å². The molecule has 1 aliphatic heterocycles. The van der Waals surface area contributed by atoms with Crippen molar-refractivity contribution in [1.29, 1.82) is 0 Å². The van der Waals surface area contributed by atoms with Crippen LogP contribution in [0.1, 0.15) is 52.8 Å². The molecule has 1 aliphatic rings. The zero-order valence-corrected chi connectivity index (χ0v) is 22.6. The Morgan fingerprint density at radius 2 is 1.79 bits per heavy atom. The molecule has 2 atom stereocenters. The first kappa shape index (κ1) is 26.6. The van der Waals surface area contributed by atoms with E-state index in [1.165, 1.54) is 11.6 Å². The molecule has 4 nitrogen and oxygen atoms in total. The van der Waals surface area contributed by atoms with Crippen LogP contribution >= 0.6 is 0 Å². The van der Waals surface area contributed by atoms with Gasteiger partial charge in [-0.2, -0.15) is 0 Å². The van der Waals surface area contributed by atoms with Gasteiger partial charge in [-0.3, -0.25) is 9.69 Å². The quantitative estimate of drug-likeness (QED) is 0.264. The summed E-state index contributed by atoms with van der Waals surface area (Å²) in [7, 11) is 0. The Morgan fingerprint density at radius 1 is 1.00 bits per heavy atom. The minimum Gasteiger partial charge on any atom is -0.481 e. The largest absolute Gasteiger partial charge is 0.481 e. The van der Waals surface area contributed by atoms with Crippen LogP contribution in [0.2, 0.25) is 0 Å². The molecule has 39 heavy (non-hydrogen) atoms. The summed E-state index contributed by atoms with van der Waals surface area (Å²) < 4.78 is 20.9. The number of carbonyl (C=O) groups excluding carboxylic acids is 1. The summed E-state index contributed by atoms with van der Waals surface area (Å²) in [6, 6.07) is 31.5. The minimum absolute atomic E-state index is 0.0478. The summed E-state index contributed by atoms with van der Waals surface area (Å²) in [6.07, 6.45) is 0.820. The van der Waals surface area contributed by atoms with E-state index in [1.54, 1.807) is 6.07 Å². The fourth-order valence-corrected chi connectivity index (χ4v) is 5.37. The third-order valence-corrected chi connectivity index (χ3v) is 7.38. The van der Waals surface area contributed by atoms with Gasteiger partial charge < -0.3 is 10.1 Å².